The predicted molar refractivity (Wildman–Crippen MR) is 140 cm³/mol. The van der Waals surface area contributed by atoms with E-state index in [9.17, 15) is 19.7 Å². The van der Waals surface area contributed by atoms with Gasteiger partial charge in [0, 0.05) is 17.9 Å². The molecule has 1 aliphatic rings. The van der Waals surface area contributed by atoms with Gasteiger partial charge in [-0.05, 0) is 47.8 Å². The summed E-state index contributed by atoms with van der Waals surface area (Å²) < 4.78 is 11.6. The zero-order valence-electron chi connectivity index (χ0n) is 21.9. The second-order valence-electron chi connectivity index (χ2n) is 10.9. The summed E-state index contributed by atoms with van der Waals surface area (Å²) in [5.41, 5.74) is -0.0669. The van der Waals surface area contributed by atoms with Gasteiger partial charge in [-0.1, -0.05) is 63.2 Å². The number of nitro groups is 1. The number of rotatable bonds is 9. The van der Waals surface area contributed by atoms with E-state index in [1.165, 1.54) is 12.0 Å². The van der Waals surface area contributed by atoms with Gasteiger partial charge >= 0.3 is 5.97 Å². The zero-order valence-corrected chi connectivity index (χ0v) is 22.9. The molecular weight excluding hydrogens is 476 g/mol. The lowest BCUT2D eigenvalue weighted by Crippen LogP contribution is -2.57. The molecule has 0 spiro atoms. The maximum absolute atomic E-state index is 13.4. The first-order chi connectivity index (χ1) is 16.8. The van der Waals surface area contributed by atoms with E-state index in [4.69, 9.17) is 9.16 Å². The molecule has 0 bridgehead atoms. The highest BCUT2D eigenvalue weighted by atomic mass is 28.4. The number of carbonyl (C=O) groups is 2. The largest absolute Gasteiger partial charge is 0.544 e. The van der Waals surface area contributed by atoms with E-state index in [0.717, 1.165) is 5.56 Å². The molecule has 1 saturated heterocycles. The standard InChI is InChI=1S/C27H36N2O6Si/c1-26(2,3)36(5,6)35-22-14-12-21(13-15-22)23(19-29(32)33)27(25(31)34-4)17-16-24(30)28(27)18-20-10-8-7-9-11-20/h7-15,23H,16-19H2,1-6H3/t23-,27+/m1/s1. The van der Waals surface area contributed by atoms with Gasteiger partial charge in [-0.15, -0.1) is 0 Å². The van der Waals surface area contributed by atoms with Crippen molar-refractivity contribution >= 4 is 20.2 Å². The quantitative estimate of drug-likeness (QED) is 0.199. The van der Waals surface area contributed by atoms with Crippen LogP contribution in [0, 0.1) is 10.1 Å². The third kappa shape index (κ3) is 5.46. The zero-order chi connectivity index (χ0) is 26.7. The van der Waals surface area contributed by atoms with E-state index in [1.807, 2.05) is 30.3 Å². The molecule has 1 amide bonds. The maximum Gasteiger partial charge on any atom is 0.332 e. The van der Waals surface area contributed by atoms with Crippen molar-refractivity contribution in [1.29, 1.82) is 0 Å². The number of esters is 1. The number of ether oxygens (including phenoxy) is 1. The molecule has 1 fully saturated rings. The second-order valence-corrected chi connectivity index (χ2v) is 15.6. The summed E-state index contributed by atoms with van der Waals surface area (Å²) in [5.74, 6) is -1.08. The van der Waals surface area contributed by atoms with Gasteiger partial charge in [-0.2, -0.15) is 0 Å². The first-order valence-electron chi connectivity index (χ1n) is 12.2. The van der Waals surface area contributed by atoms with Gasteiger partial charge in [0.1, 0.15) is 5.75 Å². The molecule has 3 rings (SSSR count). The molecule has 2 aromatic rings. The van der Waals surface area contributed by atoms with Crippen molar-refractivity contribution in [3.05, 3.63) is 75.8 Å². The second kappa shape index (κ2) is 10.4. The third-order valence-corrected chi connectivity index (χ3v) is 12.0. The van der Waals surface area contributed by atoms with Gasteiger partial charge in [-0.3, -0.25) is 14.9 Å². The van der Waals surface area contributed by atoms with Crippen LogP contribution in [0.25, 0.3) is 0 Å². The van der Waals surface area contributed by atoms with Crippen LogP contribution < -0.4 is 4.43 Å². The van der Waals surface area contributed by atoms with Crippen LogP contribution in [0.3, 0.4) is 0 Å². The summed E-state index contributed by atoms with van der Waals surface area (Å²) in [5, 5.41) is 11.8. The lowest BCUT2D eigenvalue weighted by Gasteiger charge is -2.40. The molecule has 2 aromatic carbocycles. The number of amides is 1. The number of hydrogen-bond acceptors (Lipinski definition) is 6. The Morgan fingerprint density at radius 3 is 2.28 bits per heavy atom. The van der Waals surface area contributed by atoms with Crippen LogP contribution in [0.2, 0.25) is 18.1 Å². The molecule has 0 unspecified atom stereocenters. The Balaban J connectivity index is 2.05. The van der Waals surface area contributed by atoms with E-state index >= 15 is 0 Å². The highest BCUT2D eigenvalue weighted by Gasteiger charge is 2.59. The Labute approximate surface area is 213 Å². The van der Waals surface area contributed by atoms with E-state index in [2.05, 4.69) is 33.9 Å². The fourth-order valence-corrected chi connectivity index (χ4v) is 5.61. The lowest BCUT2D eigenvalue weighted by molar-refractivity contribution is -0.485. The van der Waals surface area contributed by atoms with Gasteiger partial charge in [0.15, 0.2) is 5.54 Å². The Hall–Kier alpha value is -3.20. The number of carbonyl (C=O) groups excluding carboxylic acids is 2. The van der Waals surface area contributed by atoms with Crippen LogP contribution in [-0.4, -0.2) is 49.2 Å². The average Bonchev–Trinajstić information content (AvgIpc) is 3.14. The van der Waals surface area contributed by atoms with Gasteiger partial charge in [0.05, 0.1) is 13.0 Å². The first kappa shape index (κ1) is 27.4. The van der Waals surface area contributed by atoms with Crippen LogP contribution in [0.15, 0.2) is 54.6 Å². The molecule has 2 atom stereocenters. The number of nitrogens with zero attached hydrogens (tertiary/aromatic N) is 2. The molecule has 0 aliphatic carbocycles. The Kier molecular flexibility index (Phi) is 7.93. The third-order valence-electron chi connectivity index (χ3n) is 7.59. The number of benzene rings is 2. The van der Waals surface area contributed by atoms with Crippen LogP contribution >= 0.6 is 0 Å². The highest BCUT2D eigenvalue weighted by molar-refractivity contribution is 6.74. The molecule has 0 saturated carbocycles. The van der Waals surface area contributed by atoms with Crippen LogP contribution in [0.4, 0.5) is 0 Å². The van der Waals surface area contributed by atoms with Crippen molar-refractivity contribution in [3.8, 4) is 5.75 Å². The number of methoxy groups -OCH3 is 1. The van der Waals surface area contributed by atoms with E-state index in [0.29, 0.717) is 11.3 Å². The highest BCUT2D eigenvalue weighted by Crippen LogP contribution is 2.45. The van der Waals surface area contributed by atoms with Crippen molar-refractivity contribution < 1.29 is 23.7 Å². The van der Waals surface area contributed by atoms with E-state index < -0.39 is 37.2 Å². The summed E-state index contributed by atoms with van der Waals surface area (Å²) in [6.45, 7) is 10.4. The van der Waals surface area contributed by atoms with Crippen molar-refractivity contribution in [1.82, 2.24) is 4.90 Å². The molecule has 9 heteroatoms. The van der Waals surface area contributed by atoms with Crippen molar-refractivity contribution in [2.24, 2.45) is 0 Å². The molecule has 1 heterocycles. The summed E-state index contributed by atoms with van der Waals surface area (Å²) in [6.07, 6.45) is 0.259. The predicted octanol–water partition coefficient (Wildman–Crippen LogP) is 5.17. The molecular formula is C27H36N2O6Si. The van der Waals surface area contributed by atoms with Crippen molar-refractivity contribution in [2.75, 3.05) is 13.7 Å². The van der Waals surface area contributed by atoms with Gasteiger partial charge in [0.25, 0.3) is 0 Å². The molecule has 0 aromatic heterocycles. The summed E-state index contributed by atoms with van der Waals surface area (Å²) in [4.78, 5) is 39.3. The summed E-state index contributed by atoms with van der Waals surface area (Å²) >= 11 is 0. The minimum atomic E-state index is -2.08. The number of likely N-dealkylation sites (tertiary alicyclic amines) is 1. The molecule has 0 N–H and O–H groups in total. The van der Waals surface area contributed by atoms with E-state index in [-0.39, 0.29) is 30.3 Å². The maximum atomic E-state index is 13.4. The Bertz CT molecular complexity index is 1100. The number of hydrogen-bond donors (Lipinski definition) is 0. The van der Waals surface area contributed by atoms with Crippen molar-refractivity contribution in [3.63, 3.8) is 0 Å². The molecule has 0 radical (unpaired) electrons. The molecule has 194 valence electrons. The van der Waals surface area contributed by atoms with Crippen LogP contribution in [0.1, 0.15) is 50.7 Å². The fraction of sp³-hybridized carbons (Fsp3) is 0.481. The Morgan fingerprint density at radius 1 is 1.14 bits per heavy atom. The van der Waals surface area contributed by atoms with Gasteiger partial charge in [0.2, 0.25) is 20.8 Å². The monoisotopic (exact) mass is 512 g/mol. The van der Waals surface area contributed by atoms with Crippen LogP contribution in [-0.2, 0) is 20.9 Å². The summed E-state index contributed by atoms with van der Waals surface area (Å²) in [7, 11) is -0.822. The lowest BCUT2D eigenvalue weighted by atomic mass is 9.76. The first-order valence-corrected chi connectivity index (χ1v) is 15.1. The summed E-state index contributed by atoms with van der Waals surface area (Å²) in [6, 6.07) is 16.4. The van der Waals surface area contributed by atoms with Gasteiger partial charge < -0.3 is 14.1 Å². The minimum absolute atomic E-state index is 0.0108. The van der Waals surface area contributed by atoms with E-state index in [1.54, 1.807) is 24.3 Å². The average molecular weight is 513 g/mol. The SMILES string of the molecule is COC(=O)[C@@]1([C@H](C[N+](=O)[O-])c2ccc(O[Si](C)(C)C(C)(C)C)cc2)CCC(=O)N1Cc1ccccc1. The van der Waals surface area contributed by atoms with Crippen LogP contribution in [0.5, 0.6) is 5.75 Å². The molecule has 8 nitrogen and oxygen atoms in total. The van der Waals surface area contributed by atoms with Crippen molar-refractivity contribution in [2.45, 2.75) is 69.7 Å². The topological polar surface area (TPSA) is 99.0 Å². The molecule has 36 heavy (non-hydrogen) atoms. The minimum Gasteiger partial charge on any atom is -0.544 e. The normalized spacial score (nSPS) is 19.2. The Morgan fingerprint density at radius 2 is 1.75 bits per heavy atom. The fourth-order valence-electron chi connectivity index (χ4n) is 4.58. The smallest absolute Gasteiger partial charge is 0.332 e. The molecule has 1 aliphatic heterocycles. The van der Waals surface area contributed by atoms with Gasteiger partial charge in [-0.25, -0.2) is 4.79 Å².